The molecule has 0 aromatic rings. The normalized spacial score (nSPS) is 39.5. The maximum atomic E-state index is 12.0. The van der Waals surface area contributed by atoms with Crippen molar-refractivity contribution in [1.29, 1.82) is 0 Å². The summed E-state index contributed by atoms with van der Waals surface area (Å²) < 4.78 is 0. The van der Waals surface area contributed by atoms with Gasteiger partial charge in [-0.3, -0.25) is 4.79 Å². The van der Waals surface area contributed by atoms with Crippen LogP contribution < -0.4 is 0 Å². The van der Waals surface area contributed by atoms with Crippen LogP contribution in [0.25, 0.3) is 0 Å². The first-order valence-electron chi connectivity index (χ1n) is 6.63. The Labute approximate surface area is 99.3 Å². The number of carbonyl (C=O) groups excluding carboxylic acids is 1. The molecule has 0 heterocycles. The molecule has 0 aliphatic heterocycles. The van der Waals surface area contributed by atoms with E-state index >= 15 is 0 Å². The SMILES string of the molecule is CC(C)=C1CCC2C(=O)CCC(C)C2(C)C1. The molecule has 2 rings (SSSR count). The van der Waals surface area contributed by atoms with Gasteiger partial charge in [0.1, 0.15) is 5.78 Å². The second-order valence-electron chi connectivity index (χ2n) is 6.28. The van der Waals surface area contributed by atoms with Crippen molar-refractivity contribution in [3.63, 3.8) is 0 Å². The molecule has 3 unspecified atom stereocenters. The summed E-state index contributed by atoms with van der Waals surface area (Å²) >= 11 is 0. The highest BCUT2D eigenvalue weighted by atomic mass is 16.1. The zero-order valence-electron chi connectivity index (χ0n) is 11.1. The van der Waals surface area contributed by atoms with Crippen LogP contribution in [0.5, 0.6) is 0 Å². The molecule has 0 N–H and O–H groups in total. The van der Waals surface area contributed by atoms with Gasteiger partial charge in [0.2, 0.25) is 0 Å². The van der Waals surface area contributed by atoms with E-state index in [9.17, 15) is 4.79 Å². The molecule has 0 amide bonds. The maximum absolute atomic E-state index is 12.0. The van der Waals surface area contributed by atoms with E-state index in [1.165, 1.54) is 5.57 Å². The summed E-state index contributed by atoms with van der Waals surface area (Å²) in [6.07, 6.45) is 5.33. The Hall–Kier alpha value is -0.590. The van der Waals surface area contributed by atoms with E-state index in [4.69, 9.17) is 0 Å². The molecule has 1 heteroatoms. The van der Waals surface area contributed by atoms with Gasteiger partial charge in [0.25, 0.3) is 0 Å². The van der Waals surface area contributed by atoms with Crippen LogP contribution in [0.4, 0.5) is 0 Å². The number of fused-ring (bicyclic) bond motifs is 1. The van der Waals surface area contributed by atoms with Crippen molar-refractivity contribution in [3.05, 3.63) is 11.1 Å². The molecule has 3 atom stereocenters. The third-order valence-corrected chi connectivity index (χ3v) is 5.17. The van der Waals surface area contributed by atoms with E-state index in [0.717, 1.165) is 32.1 Å². The number of Topliss-reactive ketones (excluding diaryl/α,β-unsaturated/α-hetero) is 1. The van der Waals surface area contributed by atoms with Crippen LogP contribution in [-0.4, -0.2) is 5.78 Å². The summed E-state index contributed by atoms with van der Waals surface area (Å²) in [6, 6.07) is 0. The fraction of sp³-hybridized carbons (Fsp3) is 0.800. The molecule has 2 aliphatic rings. The first kappa shape index (κ1) is 11.9. The van der Waals surface area contributed by atoms with E-state index in [2.05, 4.69) is 27.7 Å². The van der Waals surface area contributed by atoms with Gasteiger partial charge in [-0.15, -0.1) is 0 Å². The minimum Gasteiger partial charge on any atom is -0.299 e. The number of allylic oxidation sites excluding steroid dienone is 2. The fourth-order valence-electron chi connectivity index (χ4n) is 3.66. The number of ketones is 1. The summed E-state index contributed by atoms with van der Waals surface area (Å²) in [7, 11) is 0. The molecule has 0 radical (unpaired) electrons. The van der Waals surface area contributed by atoms with Gasteiger partial charge in [-0.05, 0) is 50.9 Å². The van der Waals surface area contributed by atoms with Gasteiger partial charge in [-0.25, -0.2) is 0 Å². The Bertz CT molecular complexity index is 335. The van der Waals surface area contributed by atoms with Gasteiger partial charge in [-0.2, -0.15) is 0 Å². The van der Waals surface area contributed by atoms with E-state index in [-0.39, 0.29) is 5.41 Å². The van der Waals surface area contributed by atoms with Gasteiger partial charge in [-0.1, -0.05) is 25.0 Å². The van der Waals surface area contributed by atoms with Crippen LogP contribution in [0.2, 0.25) is 0 Å². The first-order chi connectivity index (χ1) is 7.45. The van der Waals surface area contributed by atoms with Gasteiger partial charge in [0.05, 0.1) is 0 Å². The Morgan fingerprint density at radius 1 is 1.25 bits per heavy atom. The fourth-order valence-corrected chi connectivity index (χ4v) is 3.66. The van der Waals surface area contributed by atoms with E-state index < -0.39 is 0 Å². The zero-order valence-corrected chi connectivity index (χ0v) is 11.1. The van der Waals surface area contributed by atoms with Crippen molar-refractivity contribution >= 4 is 5.78 Å². The lowest BCUT2D eigenvalue weighted by Crippen LogP contribution is -2.45. The van der Waals surface area contributed by atoms with Gasteiger partial charge >= 0.3 is 0 Å². The molecule has 16 heavy (non-hydrogen) atoms. The third kappa shape index (κ3) is 1.74. The maximum Gasteiger partial charge on any atom is 0.136 e. The van der Waals surface area contributed by atoms with Crippen LogP contribution in [-0.2, 0) is 4.79 Å². The van der Waals surface area contributed by atoms with Crippen LogP contribution in [0.3, 0.4) is 0 Å². The number of hydrogen-bond acceptors (Lipinski definition) is 1. The molecule has 90 valence electrons. The summed E-state index contributed by atoms with van der Waals surface area (Å²) in [5.74, 6) is 1.58. The zero-order chi connectivity index (χ0) is 11.9. The van der Waals surface area contributed by atoms with Crippen LogP contribution >= 0.6 is 0 Å². The Morgan fingerprint density at radius 3 is 2.56 bits per heavy atom. The van der Waals surface area contributed by atoms with Crippen molar-refractivity contribution < 1.29 is 4.79 Å². The largest absolute Gasteiger partial charge is 0.299 e. The van der Waals surface area contributed by atoms with E-state index in [1.807, 2.05) is 0 Å². The molecule has 0 spiro atoms. The van der Waals surface area contributed by atoms with Crippen molar-refractivity contribution in [2.75, 3.05) is 0 Å². The molecule has 0 bridgehead atoms. The molecule has 0 aromatic heterocycles. The molecule has 0 saturated heterocycles. The lowest BCUT2D eigenvalue weighted by atomic mass is 9.54. The smallest absolute Gasteiger partial charge is 0.136 e. The van der Waals surface area contributed by atoms with Gasteiger partial charge in [0.15, 0.2) is 0 Å². The van der Waals surface area contributed by atoms with Crippen molar-refractivity contribution in [2.45, 2.75) is 59.8 Å². The molecular formula is C15H24O. The summed E-state index contributed by atoms with van der Waals surface area (Å²) in [5, 5.41) is 0. The van der Waals surface area contributed by atoms with Crippen LogP contribution in [0.15, 0.2) is 11.1 Å². The van der Waals surface area contributed by atoms with E-state index in [0.29, 0.717) is 17.6 Å². The van der Waals surface area contributed by atoms with Crippen molar-refractivity contribution in [1.82, 2.24) is 0 Å². The minimum atomic E-state index is 0.250. The predicted molar refractivity (Wildman–Crippen MR) is 67.2 cm³/mol. The Kier molecular flexibility index (Phi) is 2.98. The molecule has 2 fully saturated rings. The monoisotopic (exact) mass is 220 g/mol. The van der Waals surface area contributed by atoms with E-state index in [1.54, 1.807) is 5.57 Å². The first-order valence-corrected chi connectivity index (χ1v) is 6.63. The number of rotatable bonds is 0. The number of carbonyl (C=O) groups is 1. The second-order valence-corrected chi connectivity index (χ2v) is 6.28. The average Bonchev–Trinajstić information content (AvgIpc) is 2.23. The third-order valence-electron chi connectivity index (χ3n) is 5.17. The van der Waals surface area contributed by atoms with Gasteiger partial charge < -0.3 is 0 Å². The highest BCUT2D eigenvalue weighted by Crippen LogP contribution is 2.53. The molecule has 0 aromatic carbocycles. The topological polar surface area (TPSA) is 17.1 Å². The highest BCUT2D eigenvalue weighted by molar-refractivity contribution is 5.83. The van der Waals surface area contributed by atoms with Crippen LogP contribution in [0.1, 0.15) is 59.8 Å². The lowest BCUT2D eigenvalue weighted by molar-refractivity contribution is -0.134. The molecule has 2 aliphatic carbocycles. The van der Waals surface area contributed by atoms with Gasteiger partial charge in [0, 0.05) is 12.3 Å². The second kappa shape index (κ2) is 4.01. The summed E-state index contributed by atoms with van der Waals surface area (Å²) in [4.78, 5) is 12.0. The van der Waals surface area contributed by atoms with Crippen molar-refractivity contribution in [2.24, 2.45) is 17.3 Å². The minimum absolute atomic E-state index is 0.250. The quantitative estimate of drug-likeness (QED) is 0.561. The molecule has 2 saturated carbocycles. The summed E-state index contributed by atoms with van der Waals surface area (Å²) in [5.41, 5.74) is 3.34. The van der Waals surface area contributed by atoms with Crippen LogP contribution in [0, 0.1) is 17.3 Å². The van der Waals surface area contributed by atoms with Crippen molar-refractivity contribution in [3.8, 4) is 0 Å². The number of hydrogen-bond donors (Lipinski definition) is 0. The predicted octanol–water partition coefficient (Wildman–Crippen LogP) is 4.13. The Morgan fingerprint density at radius 2 is 1.94 bits per heavy atom. The molecule has 1 nitrogen and oxygen atoms in total. The standard InChI is InChI=1S/C15H24O/c1-10(2)12-6-7-13-14(16)8-5-11(3)15(13,4)9-12/h11,13H,5-9H2,1-4H3. The Balaban J connectivity index is 2.31. The highest BCUT2D eigenvalue weighted by Gasteiger charge is 2.48. The molecular weight excluding hydrogens is 196 g/mol. The lowest BCUT2D eigenvalue weighted by Gasteiger charge is -2.49. The average molecular weight is 220 g/mol. The summed E-state index contributed by atoms with van der Waals surface area (Å²) in [6.45, 7) is 9.12.